The summed E-state index contributed by atoms with van der Waals surface area (Å²) in [6.45, 7) is 2.67. The third-order valence-corrected chi connectivity index (χ3v) is 5.42. The monoisotopic (exact) mass is 412 g/mol. The quantitative estimate of drug-likeness (QED) is 0.572. The van der Waals surface area contributed by atoms with Gasteiger partial charge in [0.15, 0.2) is 5.78 Å². The number of hydrogen-bond acceptors (Lipinski definition) is 6. The van der Waals surface area contributed by atoms with Crippen molar-refractivity contribution in [3.05, 3.63) is 84.7 Å². The molecule has 0 saturated heterocycles. The van der Waals surface area contributed by atoms with Crippen LogP contribution in [-0.2, 0) is 19.6 Å². The van der Waals surface area contributed by atoms with Crippen LogP contribution in [-0.4, -0.2) is 33.4 Å². The topological polar surface area (TPSA) is 90.3 Å². The number of aromatic nitrogens is 2. The highest BCUT2D eigenvalue weighted by Gasteiger charge is 2.23. The van der Waals surface area contributed by atoms with Crippen LogP contribution in [0.2, 0.25) is 0 Å². The average molecular weight is 413 g/mol. The van der Waals surface area contributed by atoms with Gasteiger partial charge < -0.3 is 5.73 Å². The Morgan fingerprint density at radius 1 is 1.10 bits per heavy atom. The Bertz CT molecular complexity index is 1100. The summed E-state index contributed by atoms with van der Waals surface area (Å²) in [7, 11) is 1.81. The van der Waals surface area contributed by atoms with Gasteiger partial charge in [0.1, 0.15) is 11.4 Å². The van der Waals surface area contributed by atoms with Gasteiger partial charge in [0.2, 0.25) is 0 Å². The van der Waals surface area contributed by atoms with Crippen molar-refractivity contribution in [3.8, 4) is 0 Å². The summed E-state index contributed by atoms with van der Waals surface area (Å²) in [6.07, 6.45) is 0. The molecular weight excluding hydrogens is 388 g/mol. The van der Waals surface area contributed by atoms with E-state index < -0.39 is 17.0 Å². The number of nitrogens with two attached hydrogens (primary N) is 1. The Labute approximate surface area is 172 Å². The summed E-state index contributed by atoms with van der Waals surface area (Å²) in [5.41, 5.74) is 6.87. The maximum Gasteiger partial charge on any atom is 0.332 e. The predicted octanol–water partition coefficient (Wildman–Crippen LogP) is 2.04. The van der Waals surface area contributed by atoms with Crippen LogP contribution in [0.5, 0.6) is 0 Å². The number of carbonyl (C=O) groups is 1. The van der Waals surface area contributed by atoms with Crippen molar-refractivity contribution in [2.24, 2.45) is 0 Å². The predicted molar refractivity (Wildman–Crippen MR) is 116 cm³/mol. The van der Waals surface area contributed by atoms with Gasteiger partial charge in [-0.25, -0.2) is 4.79 Å². The van der Waals surface area contributed by atoms with Gasteiger partial charge in [-0.05, 0) is 41.9 Å². The maximum absolute atomic E-state index is 13.0. The minimum Gasteiger partial charge on any atom is -0.384 e. The first-order valence-electron chi connectivity index (χ1n) is 9.32. The summed E-state index contributed by atoms with van der Waals surface area (Å²) >= 11 is 1.59. The number of benzene rings is 1. The van der Waals surface area contributed by atoms with E-state index in [0.717, 1.165) is 15.7 Å². The fraction of sp³-hybridized carbons (Fsp3) is 0.286. The van der Waals surface area contributed by atoms with Gasteiger partial charge in [-0.1, -0.05) is 30.3 Å². The number of hydrogen-bond donors (Lipinski definition) is 1. The summed E-state index contributed by atoms with van der Waals surface area (Å²) in [5, 5.41) is 3.99. The second-order valence-corrected chi connectivity index (χ2v) is 7.67. The zero-order valence-electron chi connectivity index (χ0n) is 16.5. The molecule has 0 aliphatic carbocycles. The molecule has 0 unspecified atom stereocenters. The number of likely N-dealkylation sites (N-methyl/N-ethyl adjacent to an activating group) is 1. The van der Waals surface area contributed by atoms with Crippen molar-refractivity contribution < 1.29 is 4.79 Å². The number of nitrogens with zero attached hydrogens (tertiary/aromatic N) is 3. The number of ketones is 1. The molecule has 1 aromatic carbocycles. The third-order valence-electron chi connectivity index (χ3n) is 4.69. The third kappa shape index (κ3) is 4.55. The van der Waals surface area contributed by atoms with Crippen LogP contribution >= 0.6 is 11.3 Å². The van der Waals surface area contributed by atoms with E-state index in [1.54, 1.807) is 18.3 Å². The van der Waals surface area contributed by atoms with Gasteiger partial charge in [0.05, 0.1) is 13.1 Å². The number of thiophene rings is 1. The first-order chi connectivity index (χ1) is 13.9. The maximum atomic E-state index is 13.0. The Balaban J connectivity index is 1.96. The molecule has 2 aromatic heterocycles. The number of carbonyl (C=O) groups excluding carboxylic acids is 1. The molecule has 0 amide bonds. The highest BCUT2D eigenvalue weighted by Crippen LogP contribution is 2.12. The number of Topliss-reactive ketones (excluding diaryl/α,β-unsaturated/α-hetero) is 1. The molecule has 0 aliphatic rings. The van der Waals surface area contributed by atoms with Gasteiger partial charge in [-0.15, -0.1) is 0 Å². The molecule has 2 heterocycles. The highest BCUT2D eigenvalue weighted by atomic mass is 32.1. The zero-order valence-corrected chi connectivity index (χ0v) is 17.3. The minimum absolute atomic E-state index is 0.0303. The van der Waals surface area contributed by atoms with E-state index >= 15 is 0 Å². The van der Waals surface area contributed by atoms with Gasteiger partial charge in [0, 0.05) is 13.1 Å². The van der Waals surface area contributed by atoms with Crippen molar-refractivity contribution in [1.29, 1.82) is 0 Å². The van der Waals surface area contributed by atoms with Crippen molar-refractivity contribution in [3.63, 3.8) is 0 Å². The summed E-state index contributed by atoms with van der Waals surface area (Å²) < 4.78 is 2.36. The van der Waals surface area contributed by atoms with Crippen LogP contribution in [0.1, 0.15) is 28.4 Å². The van der Waals surface area contributed by atoms with Crippen LogP contribution in [0, 0.1) is 0 Å². The fourth-order valence-corrected chi connectivity index (χ4v) is 3.91. The normalized spacial score (nSPS) is 11.1. The Hall–Kier alpha value is -2.97. The molecule has 0 atom stereocenters. The first kappa shape index (κ1) is 20.8. The first-order valence-corrected chi connectivity index (χ1v) is 10.3. The molecular formula is C21H24N4O3S. The largest absolute Gasteiger partial charge is 0.384 e. The Morgan fingerprint density at radius 3 is 2.45 bits per heavy atom. The van der Waals surface area contributed by atoms with E-state index in [9.17, 15) is 14.4 Å². The molecule has 7 nitrogen and oxygen atoms in total. The lowest BCUT2D eigenvalue weighted by atomic mass is 10.1. The zero-order chi connectivity index (χ0) is 21.0. The number of anilines is 1. The lowest BCUT2D eigenvalue weighted by molar-refractivity contribution is 0.0941. The van der Waals surface area contributed by atoms with Gasteiger partial charge >= 0.3 is 5.69 Å². The van der Waals surface area contributed by atoms with Crippen LogP contribution < -0.4 is 17.0 Å². The molecule has 0 radical (unpaired) electrons. The molecule has 152 valence electrons. The summed E-state index contributed by atoms with van der Waals surface area (Å²) in [4.78, 5) is 40.4. The van der Waals surface area contributed by atoms with E-state index in [-0.39, 0.29) is 31.0 Å². The Morgan fingerprint density at radius 2 is 1.83 bits per heavy atom. The molecule has 0 saturated carbocycles. The van der Waals surface area contributed by atoms with E-state index in [1.807, 2.05) is 59.1 Å². The van der Waals surface area contributed by atoms with Gasteiger partial charge in [0.25, 0.3) is 5.56 Å². The van der Waals surface area contributed by atoms with Crippen molar-refractivity contribution >= 4 is 22.9 Å². The van der Waals surface area contributed by atoms with Crippen molar-refractivity contribution in [2.75, 3.05) is 19.3 Å². The molecule has 3 rings (SSSR count). The van der Waals surface area contributed by atoms with Crippen LogP contribution in [0.3, 0.4) is 0 Å². The van der Waals surface area contributed by atoms with E-state index in [1.165, 1.54) is 4.57 Å². The molecule has 8 heteroatoms. The molecule has 0 fully saturated rings. The smallest absolute Gasteiger partial charge is 0.332 e. The van der Waals surface area contributed by atoms with Crippen LogP contribution in [0.25, 0.3) is 0 Å². The van der Waals surface area contributed by atoms with Crippen molar-refractivity contribution in [1.82, 2.24) is 14.0 Å². The van der Waals surface area contributed by atoms with Crippen LogP contribution in [0.15, 0.2) is 56.7 Å². The van der Waals surface area contributed by atoms with E-state index in [0.29, 0.717) is 6.54 Å². The average Bonchev–Trinajstić information content (AvgIpc) is 3.19. The molecule has 0 spiro atoms. The molecule has 3 aromatic rings. The van der Waals surface area contributed by atoms with E-state index in [4.69, 9.17) is 5.73 Å². The molecule has 0 bridgehead atoms. The summed E-state index contributed by atoms with van der Waals surface area (Å²) in [6, 6.07) is 11.3. The van der Waals surface area contributed by atoms with E-state index in [2.05, 4.69) is 0 Å². The standard InChI is InChI=1S/C21H24N4O3S/c1-3-24-20(27)18(17(26)13-23(2)11-16-9-10-29-14-16)19(22)25(21(24)28)12-15-7-5-4-6-8-15/h4-10,14H,3,11-13,22H2,1-2H3. The SMILES string of the molecule is CCn1c(=O)c(C(=O)CN(C)Cc2ccsc2)c(N)n(Cc2ccccc2)c1=O. The molecule has 29 heavy (non-hydrogen) atoms. The lowest BCUT2D eigenvalue weighted by Crippen LogP contribution is -2.45. The minimum atomic E-state index is -0.631. The second kappa shape index (κ2) is 9.02. The number of nitrogen functional groups attached to an aromatic ring is 1. The molecule has 0 aliphatic heterocycles. The Kier molecular flexibility index (Phi) is 6.46. The lowest BCUT2D eigenvalue weighted by Gasteiger charge is -2.18. The fourth-order valence-electron chi connectivity index (χ4n) is 3.25. The highest BCUT2D eigenvalue weighted by molar-refractivity contribution is 7.07. The van der Waals surface area contributed by atoms with Gasteiger partial charge in [-0.3, -0.25) is 23.6 Å². The summed E-state index contributed by atoms with van der Waals surface area (Å²) in [5.74, 6) is -0.475. The van der Waals surface area contributed by atoms with Crippen LogP contribution in [0.4, 0.5) is 5.82 Å². The second-order valence-electron chi connectivity index (χ2n) is 6.89. The van der Waals surface area contributed by atoms with Gasteiger partial charge in [-0.2, -0.15) is 11.3 Å². The number of rotatable bonds is 8. The van der Waals surface area contributed by atoms with Crippen molar-refractivity contribution in [2.45, 2.75) is 26.6 Å². The molecule has 2 N–H and O–H groups in total.